The maximum Gasteiger partial charge on any atom is 0.346 e. The van der Waals surface area contributed by atoms with E-state index in [4.69, 9.17) is 32.7 Å². The van der Waals surface area contributed by atoms with Gasteiger partial charge in [0.05, 0.1) is 27.8 Å². The van der Waals surface area contributed by atoms with Crippen molar-refractivity contribution in [2.45, 2.75) is 70.1 Å². The van der Waals surface area contributed by atoms with Crippen LogP contribution in [0.1, 0.15) is 98.1 Å². The number of ether oxygens (including phenoxy) is 2. The van der Waals surface area contributed by atoms with Gasteiger partial charge in [0.1, 0.15) is 6.61 Å². The SMILES string of the molecule is CC(=O)OCC1(c2ccc(-c3cc4cc(Cc5ccc(C)c(C(=O)OC(=O)c6cc(Cc7cc8cc(-c9ccc(C%10(CO)CC%10)cc9)c(Cl)cc8[nH]7)ccc6C)c5)[nH]c4cc3Cl)cc2)CC1. The summed E-state index contributed by atoms with van der Waals surface area (Å²) in [7, 11) is 0. The number of fused-ring (bicyclic) bond motifs is 2. The average molecular weight is 916 g/mol. The largest absolute Gasteiger partial charge is 0.465 e. The lowest BCUT2D eigenvalue weighted by atomic mass is 9.94. The van der Waals surface area contributed by atoms with Gasteiger partial charge in [-0.3, -0.25) is 4.79 Å². The number of hydrogen-bond acceptors (Lipinski definition) is 6. The number of aliphatic hydroxyl groups excluding tert-OH is 1. The van der Waals surface area contributed by atoms with Crippen LogP contribution in [0.3, 0.4) is 0 Å². The second-order valence-electron chi connectivity index (χ2n) is 18.4. The fraction of sp³-hybridized carbons (Fsp3) is 0.232. The van der Waals surface area contributed by atoms with Gasteiger partial charge >= 0.3 is 17.9 Å². The van der Waals surface area contributed by atoms with Crippen LogP contribution in [-0.2, 0) is 37.9 Å². The Morgan fingerprint density at radius 1 is 0.591 bits per heavy atom. The number of carbonyl (C=O) groups is 3. The van der Waals surface area contributed by atoms with Gasteiger partial charge in [0.25, 0.3) is 0 Å². The Morgan fingerprint density at radius 2 is 1.03 bits per heavy atom. The van der Waals surface area contributed by atoms with Crippen molar-refractivity contribution < 1.29 is 29.0 Å². The van der Waals surface area contributed by atoms with Crippen LogP contribution in [0.15, 0.2) is 121 Å². The van der Waals surface area contributed by atoms with Gasteiger partial charge in [0, 0.05) is 74.9 Å². The van der Waals surface area contributed by atoms with Crippen molar-refractivity contribution in [3.05, 3.63) is 187 Å². The van der Waals surface area contributed by atoms with Gasteiger partial charge in [-0.15, -0.1) is 0 Å². The molecular formula is C56H48Cl2N2O6. The quantitative estimate of drug-likeness (QED) is 0.0782. The minimum absolute atomic E-state index is 0.0912. The smallest absolute Gasteiger partial charge is 0.346 e. The number of aliphatic hydroxyl groups is 1. The lowest BCUT2D eigenvalue weighted by Gasteiger charge is -2.16. The predicted octanol–water partition coefficient (Wildman–Crippen LogP) is 12.7. The highest BCUT2D eigenvalue weighted by atomic mass is 35.5. The minimum atomic E-state index is -0.708. The maximum absolute atomic E-state index is 13.7. The van der Waals surface area contributed by atoms with E-state index in [0.29, 0.717) is 51.7 Å². The van der Waals surface area contributed by atoms with Gasteiger partial charge in [-0.05, 0) is 133 Å². The van der Waals surface area contributed by atoms with Crippen molar-refractivity contribution in [1.29, 1.82) is 0 Å². The van der Waals surface area contributed by atoms with E-state index in [2.05, 4.69) is 82.8 Å². The first-order chi connectivity index (χ1) is 31.8. The highest BCUT2D eigenvalue weighted by Crippen LogP contribution is 2.49. The van der Waals surface area contributed by atoms with E-state index in [1.165, 1.54) is 6.92 Å². The van der Waals surface area contributed by atoms with E-state index in [0.717, 1.165) is 103 Å². The Balaban J connectivity index is 0.808. The molecule has 2 fully saturated rings. The highest BCUT2D eigenvalue weighted by Gasteiger charge is 2.45. The molecule has 3 N–H and O–H groups in total. The molecule has 0 atom stereocenters. The Bertz CT molecular complexity index is 3230. The molecule has 0 unspecified atom stereocenters. The normalized spacial score (nSPS) is 14.6. The molecule has 10 rings (SSSR count). The summed E-state index contributed by atoms with van der Waals surface area (Å²) in [6.07, 6.45) is 5.03. The van der Waals surface area contributed by atoms with Crippen molar-refractivity contribution in [2.24, 2.45) is 0 Å². The molecule has 6 aromatic carbocycles. The van der Waals surface area contributed by atoms with Crippen LogP contribution < -0.4 is 0 Å². The standard InChI is InChI=1S/C56H48Cl2N2O6/c1-32-4-6-35(20-43-24-39-26-47(49(57)28-51(39)59-43)37-8-12-41(13-9-37)55(30-61)16-17-55)22-45(32)53(63)66-54(64)46-23-36(7-5-33(46)2)21-44-25-40-27-48(50(58)29-52(40)60-44)38-10-14-42(15-11-38)56(18-19-56)31-65-34(3)62/h4-15,22-29,59-61H,16-21,30-31H2,1-3H3. The number of halogens is 2. The van der Waals surface area contributed by atoms with Crippen LogP contribution >= 0.6 is 23.2 Å². The molecular weight excluding hydrogens is 868 g/mol. The Morgan fingerprint density at radius 3 is 1.44 bits per heavy atom. The van der Waals surface area contributed by atoms with Gasteiger partial charge < -0.3 is 24.5 Å². The van der Waals surface area contributed by atoms with Gasteiger partial charge in [-0.25, -0.2) is 9.59 Å². The Labute approximate surface area is 392 Å². The molecule has 10 heteroatoms. The predicted molar refractivity (Wildman–Crippen MR) is 261 cm³/mol. The first kappa shape index (κ1) is 43.4. The zero-order valence-corrected chi connectivity index (χ0v) is 38.5. The molecule has 2 aromatic heterocycles. The number of aromatic nitrogens is 2. The number of benzene rings is 6. The lowest BCUT2D eigenvalue weighted by molar-refractivity contribution is -0.141. The zero-order chi connectivity index (χ0) is 45.9. The van der Waals surface area contributed by atoms with Crippen molar-refractivity contribution in [1.82, 2.24) is 9.97 Å². The number of esters is 3. The molecule has 2 saturated carbocycles. The summed E-state index contributed by atoms with van der Waals surface area (Å²) < 4.78 is 10.9. The van der Waals surface area contributed by atoms with Crippen molar-refractivity contribution in [3.63, 3.8) is 0 Å². The summed E-state index contributed by atoms with van der Waals surface area (Å²) >= 11 is 13.6. The Hall–Kier alpha value is -6.45. The third-order valence-corrected chi connectivity index (χ3v) is 14.4. The number of H-pyrrole nitrogens is 2. The second-order valence-corrected chi connectivity index (χ2v) is 19.2. The molecule has 8 aromatic rings. The highest BCUT2D eigenvalue weighted by molar-refractivity contribution is 6.34. The fourth-order valence-corrected chi connectivity index (χ4v) is 9.84. The Kier molecular flexibility index (Phi) is 11.2. The summed E-state index contributed by atoms with van der Waals surface area (Å²) in [6, 6.07) is 40.2. The average Bonchev–Trinajstić information content (AvgIpc) is 4.21. The monoisotopic (exact) mass is 914 g/mol. The van der Waals surface area contributed by atoms with Gasteiger partial charge in [0.15, 0.2) is 0 Å². The summed E-state index contributed by atoms with van der Waals surface area (Å²) in [5.41, 5.74) is 13.5. The van der Waals surface area contributed by atoms with Gasteiger partial charge in [-0.1, -0.05) is 96.0 Å². The van der Waals surface area contributed by atoms with E-state index in [1.807, 2.05) is 50.2 Å². The number of carbonyl (C=O) groups excluding carboxylic acids is 3. The fourth-order valence-electron chi connectivity index (χ4n) is 9.30. The molecule has 0 spiro atoms. The second kappa shape index (κ2) is 17.1. The van der Waals surface area contributed by atoms with Gasteiger partial charge in [-0.2, -0.15) is 0 Å². The number of nitrogens with one attached hydrogen (secondary N) is 2. The molecule has 2 heterocycles. The summed E-state index contributed by atoms with van der Waals surface area (Å²) in [4.78, 5) is 45.7. The molecule has 66 heavy (non-hydrogen) atoms. The zero-order valence-electron chi connectivity index (χ0n) is 36.9. The third kappa shape index (κ3) is 8.57. The molecule has 0 radical (unpaired) electrons. The van der Waals surface area contributed by atoms with E-state index in [9.17, 15) is 19.5 Å². The minimum Gasteiger partial charge on any atom is -0.465 e. The molecule has 332 valence electrons. The van der Waals surface area contributed by atoms with Crippen molar-refractivity contribution >= 4 is 62.9 Å². The lowest BCUT2D eigenvalue weighted by Crippen LogP contribution is -2.17. The summed E-state index contributed by atoms with van der Waals surface area (Å²) in [6.45, 7) is 5.66. The van der Waals surface area contributed by atoms with Crippen LogP contribution in [0.25, 0.3) is 44.1 Å². The van der Waals surface area contributed by atoms with Gasteiger partial charge in [0.2, 0.25) is 0 Å². The molecule has 0 amide bonds. The van der Waals surface area contributed by atoms with Crippen molar-refractivity contribution in [3.8, 4) is 22.3 Å². The van der Waals surface area contributed by atoms with E-state index in [1.54, 1.807) is 12.1 Å². The van der Waals surface area contributed by atoms with Crippen LogP contribution in [0.2, 0.25) is 10.0 Å². The summed E-state index contributed by atoms with van der Waals surface area (Å²) in [5, 5.41) is 13.1. The molecule has 8 nitrogen and oxygen atoms in total. The van der Waals surface area contributed by atoms with Crippen LogP contribution in [0.4, 0.5) is 0 Å². The first-order valence-electron chi connectivity index (χ1n) is 22.3. The van der Waals surface area contributed by atoms with Crippen LogP contribution in [0, 0.1) is 13.8 Å². The van der Waals surface area contributed by atoms with E-state index in [-0.39, 0.29) is 23.4 Å². The van der Waals surface area contributed by atoms with Crippen molar-refractivity contribution in [2.75, 3.05) is 13.2 Å². The summed E-state index contributed by atoms with van der Waals surface area (Å²) in [5.74, 6) is -1.68. The van der Waals surface area contributed by atoms with Crippen LogP contribution in [0.5, 0.6) is 0 Å². The van der Waals surface area contributed by atoms with E-state index >= 15 is 0 Å². The molecule has 0 aliphatic heterocycles. The molecule has 0 saturated heterocycles. The molecule has 2 aliphatic carbocycles. The topological polar surface area (TPSA) is 121 Å². The maximum atomic E-state index is 13.7. The molecule has 2 aliphatic rings. The number of hydrogen-bond donors (Lipinski definition) is 3. The number of aromatic amines is 2. The number of rotatable bonds is 13. The van der Waals surface area contributed by atoms with Crippen LogP contribution in [-0.4, -0.2) is 46.2 Å². The first-order valence-corrected chi connectivity index (χ1v) is 23.1. The third-order valence-electron chi connectivity index (χ3n) is 13.7. The van der Waals surface area contributed by atoms with E-state index < -0.39 is 11.9 Å². The number of aryl methyl sites for hydroxylation is 2. The molecule has 0 bridgehead atoms.